The zero-order valence-electron chi connectivity index (χ0n) is 10.8. The predicted octanol–water partition coefficient (Wildman–Crippen LogP) is -0.543. The molecule has 1 amide bonds. The van der Waals surface area contributed by atoms with E-state index in [1.165, 1.54) is 0 Å². The SMILES string of the molecule is O=C(NCC1(O)CCCC1)c1cn(C2CNC2)nn1. The monoisotopic (exact) mass is 265 g/mol. The average molecular weight is 265 g/mol. The van der Waals surface area contributed by atoms with E-state index in [1.807, 2.05) is 0 Å². The molecule has 0 bridgehead atoms. The summed E-state index contributed by atoms with van der Waals surface area (Å²) in [6, 6.07) is 0.299. The number of rotatable bonds is 4. The van der Waals surface area contributed by atoms with E-state index >= 15 is 0 Å². The average Bonchev–Trinajstić information content (AvgIpc) is 2.94. The molecule has 0 atom stereocenters. The van der Waals surface area contributed by atoms with Gasteiger partial charge in [-0.25, -0.2) is 4.68 Å². The van der Waals surface area contributed by atoms with Gasteiger partial charge in [-0.3, -0.25) is 4.79 Å². The van der Waals surface area contributed by atoms with Gasteiger partial charge in [-0.15, -0.1) is 5.10 Å². The molecule has 0 unspecified atom stereocenters. The highest BCUT2D eigenvalue weighted by Crippen LogP contribution is 2.28. The van der Waals surface area contributed by atoms with E-state index in [2.05, 4.69) is 20.9 Å². The van der Waals surface area contributed by atoms with Gasteiger partial charge in [0.05, 0.1) is 17.8 Å². The first-order valence-corrected chi connectivity index (χ1v) is 6.79. The summed E-state index contributed by atoms with van der Waals surface area (Å²) in [5.41, 5.74) is -0.419. The summed E-state index contributed by atoms with van der Waals surface area (Å²) in [6.07, 6.45) is 5.23. The van der Waals surface area contributed by atoms with Crippen molar-refractivity contribution in [3.8, 4) is 0 Å². The summed E-state index contributed by atoms with van der Waals surface area (Å²) in [6.45, 7) is 2.03. The van der Waals surface area contributed by atoms with Crippen molar-refractivity contribution in [3.63, 3.8) is 0 Å². The van der Waals surface area contributed by atoms with Crippen LogP contribution >= 0.6 is 0 Å². The highest BCUT2D eigenvalue weighted by Gasteiger charge is 2.31. The van der Waals surface area contributed by atoms with Gasteiger partial charge in [-0.05, 0) is 12.8 Å². The van der Waals surface area contributed by atoms with Gasteiger partial charge in [0.2, 0.25) is 0 Å². The lowest BCUT2D eigenvalue weighted by Gasteiger charge is -2.26. The third kappa shape index (κ3) is 2.62. The van der Waals surface area contributed by atoms with Crippen molar-refractivity contribution >= 4 is 5.91 Å². The summed E-state index contributed by atoms with van der Waals surface area (Å²) in [5.74, 6) is -0.265. The number of amides is 1. The van der Waals surface area contributed by atoms with E-state index < -0.39 is 5.60 Å². The molecule has 0 spiro atoms. The molecule has 19 heavy (non-hydrogen) atoms. The molecule has 7 heteroatoms. The fourth-order valence-electron chi connectivity index (χ4n) is 2.56. The van der Waals surface area contributed by atoms with Gasteiger partial charge in [-0.2, -0.15) is 0 Å². The minimum Gasteiger partial charge on any atom is -0.388 e. The smallest absolute Gasteiger partial charge is 0.273 e. The second-order valence-corrected chi connectivity index (χ2v) is 5.51. The normalized spacial score (nSPS) is 22.2. The lowest BCUT2D eigenvalue weighted by atomic mass is 10.0. The van der Waals surface area contributed by atoms with Crippen molar-refractivity contribution < 1.29 is 9.90 Å². The van der Waals surface area contributed by atoms with Crippen molar-refractivity contribution in [1.82, 2.24) is 25.6 Å². The number of aromatic nitrogens is 3. The highest BCUT2D eigenvalue weighted by molar-refractivity contribution is 5.91. The molecular formula is C12H19N5O2. The third-order valence-corrected chi connectivity index (χ3v) is 3.99. The third-order valence-electron chi connectivity index (χ3n) is 3.99. The first kappa shape index (κ1) is 12.6. The standard InChI is InChI=1S/C12H19N5O2/c18-11(14-8-12(19)3-1-2-4-12)10-7-17(16-15-10)9-5-13-6-9/h7,9,13,19H,1-6,8H2,(H,14,18). The minimum absolute atomic E-state index is 0.265. The molecule has 0 aromatic carbocycles. The Morgan fingerprint density at radius 1 is 1.53 bits per heavy atom. The number of hydrogen-bond acceptors (Lipinski definition) is 5. The predicted molar refractivity (Wildman–Crippen MR) is 67.7 cm³/mol. The van der Waals surface area contributed by atoms with Crippen LogP contribution in [-0.4, -0.2) is 51.2 Å². The first-order valence-electron chi connectivity index (χ1n) is 6.79. The molecule has 1 aromatic rings. The highest BCUT2D eigenvalue weighted by atomic mass is 16.3. The Labute approximate surface area is 111 Å². The fourth-order valence-corrected chi connectivity index (χ4v) is 2.56. The van der Waals surface area contributed by atoms with Crippen LogP contribution in [0.1, 0.15) is 42.2 Å². The quantitative estimate of drug-likeness (QED) is 0.680. The maximum absolute atomic E-state index is 11.9. The Morgan fingerprint density at radius 2 is 2.26 bits per heavy atom. The molecule has 3 rings (SSSR count). The molecule has 2 heterocycles. The lowest BCUT2D eigenvalue weighted by Crippen LogP contribution is -2.43. The van der Waals surface area contributed by atoms with Gasteiger partial charge in [0.1, 0.15) is 0 Å². The van der Waals surface area contributed by atoms with Crippen LogP contribution in [0.2, 0.25) is 0 Å². The van der Waals surface area contributed by atoms with Crippen LogP contribution in [0.25, 0.3) is 0 Å². The van der Waals surface area contributed by atoms with Crippen LogP contribution in [0.4, 0.5) is 0 Å². The maximum Gasteiger partial charge on any atom is 0.273 e. The van der Waals surface area contributed by atoms with Crippen LogP contribution < -0.4 is 10.6 Å². The molecule has 7 nitrogen and oxygen atoms in total. The van der Waals surface area contributed by atoms with Gasteiger partial charge < -0.3 is 15.7 Å². The van der Waals surface area contributed by atoms with Gasteiger partial charge in [0.25, 0.3) is 5.91 Å². The van der Waals surface area contributed by atoms with Crippen molar-refractivity contribution in [3.05, 3.63) is 11.9 Å². The Morgan fingerprint density at radius 3 is 2.89 bits per heavy atom. The number of aliphatic hydroxyl groups is 1. The summed E-state index contributed by atoms with van der Waals surface area (Å²) in [7, 11) is 0. The van der Waals surface area contributed by atoms with Gasteiger partial charge in [0.15, 0.2) is 5.69 Å². The zero-order valence-corrected chi connectivity index (χ0v) is 10.8. The molecule has 2 aliphatic rings. The maximum atomic E-state index is 11.9. The Kier molecular flexibility index (Phi) is 3.24. The van der Waals surface area contributed by atoms with Crippen LogP contribution in [0.3, 0.4) is 0 Å². The summed E-state index contributed by atoms with van der Waals surface area (Å²) >= 11 is 0. The second-order valence-electron chi connectivity index (χ2n) is 5.51. The molecule has 104 valence electrons. The molecule has 0 radical (unpaired) electrons. The van der Waals surface area contributed by atoms with Crippen LogP contribution in [0.5, 0.6) is 0 Å². The zero-order chi connectivity index (χ0) is 13.3. The number of hydrogen-bond donors (Lipinski definition) is 3. The first-order chi connectivity index (χ1) is 9.16. The Bertz CT molecular complexity index is 462. The van der Waals surface area contributed by atoms with Crippen molar-refractivity contribution in [1.29, 1.82) is 0 Å². The van der Waals surface area contributed by atoms with Gasteiger partial charge in [0, 0.05) is 19.6 Å². The van der Waals surface area contributed by atoms with Gasteiger partial charge >= 0.3 is 0 Å². The lowest BCUT2D eigenvalue weighted by molar-refractivity contribution is 0.0448. The second kappa shape index (κ2) is 4.90. The Hall–Kier alpha value is -1.47. The Balaban J connectivity index is 1.56. The molecule has 1 saturated carbocycles. The largest absolute Gasteiger partial charge is 0.388 e. The van der Waals surface area contributed by atoms with Crippen LogP contribution in [0.15, 0.2) is 6.20 Å². The number of carbonyl (C=O) groups is 1. The molecule has 1 aliphatic heterocycles. The van der Waals surface area contributed by atoms with E-state index in [9.17, 15) is 9.90 Å². The van der Waals surface area contributed by atoms with Crippen LogP contribution in [0, 0.1) is 0 Å². The van der Waals surface area contributed by atoms with Crippen molar-refractivity contribution in [2.24, 2.45) is 0 Å². The van der Waals surface area contributed by atoms with E-state index in [-0.39, 0.29) is 5.91 Å². The molecule has 3 N–H and O–H groups in total. The summed E-state index contributed by atoms with van der Waals surface area (Å²) < 4.78 is 1.72. The summed E-state index contributed by atoms with van der Waals surface area (Å²) in [4.78, 5) is 11.9. The molecule has 1 aromatic heterocycles. The molecule has 1 saturated heterocycles. The number of nitrogens with one attached hydrogen (secondary N) is 2. The van der Waals surface area contributed by atoms with E-state index in [0.717, 1.165) is 38.8 Å². The van der Waals surface area contributed by atoms with E-state index in [1.54, 1.807) is 10.9 Å². The fraction of sp³-hybridized carbons (Fsp3) is 0.750. The van der Waals surface area contributed by atoms with Gasteiger partial charge in [-0.1, -0.05) is 18.1 Å². The molecule has 2 fully saturated rings. The minimum atomic E-state index is -0.733. The molecular weight excluding hydrogens is 246 g/mol. The molecule has 1 aliphatic carbocycles. The van der Waals surface area contributed by atoms with E-state index in [4.69, 9.17) is 0 Å². The summed E-state index contributed by atoms with van der Waals surface area (Å²) in [5, 5.41) is 23.9. The van der Waals surface area contributed by atoms with Crippen LogP contribution in [-0.2, 0) is 0 Å². The number of nitrogens with zero attached hydrogens (tertiary/aromatic N) is 3. The van der Waals surface area contributed by atoms with Crippen molar-refractivity contribution in [2.45, 2.75) is 37.3 Å². The topological polar surface area (TPSA) is 92.1 Å². The van der Waals surface area contributed by atoms with Crippen molar-refractivity contribution in [2.75, 3.05) is 19.6 Å². The number of carbonyl (C=O) groups excluding carboxylic acids is 1. The van der Waals surface area contributed by atoms with E-state index in [0.29, 0.717) is 18.3 Å².